The third-order valence-electron chi connectivity index (χ3n) is 4.28. The average Bonchev–Trinajstić information content (AvgIpc) is 3.13. The smallest absolute Gasteiger partial charge is 0.191 e. The molecular formula is C17H32N6S. The summed E-state index contributed by atoms with van der Waals surface area (Å²) in [7, 11) is 0. The highest BCUT2D eigenvalue weighted by molar-refractivity contribution is 7.13. The zero-order valence-corrected chi connectivity index (χ0v) is 16.0. The van der Waals surface area contributed by atoms with Gasteiger partial charge in [-0.25, -0.2) is 4.98 Å². The van der Waals surface area contributed by atoms with Gasteiger partial charge in [0.05, 0.1) is 0 Å². The lowest BCUT2D eigenvalue weighted by Gasteiger charge is -2.35. The summed E-state index contributed by atoms with van der Waals surface area (Å²) < 4.78 is 0. The summed E-state index contributed by atoms with van der Waals surface area (Å²) in [5.74, 6) is 0.700. The Morgan fingerprint density at radius 3 is 2.50 bits per heavy atom. The molecule has 1 aliphatic heterocycles. The van der Waals surface area contributed by atoms with Crippen LogP contribution in [-0.2, 0) is 0 Å². The van der Waals surface area contributed by atoms with Crippen LogP contribution < -0.4 is 10.6 Å². The first kappa shape index (κ1) is 19.0. The second-order valence-corrected chi connectivity index (χ2v) is 7.10. The van der Waals surface area contributed by atoms with Gasteiger partial charge in [0, 0.05) is 44.3 Å². The SMILES string of the molecule is CCCN(CCC)CCCN=C(N)N1CCN(c2nccs2)CC1. The molecule has 2 heterocycles. The molecule has 0 amide bonds. The number of nitrogens with zero attached hydrogens (tertiary/aromatic N) is 5. The van der Waals surface area contributed by atoms with E-state index in [0.717, 1.165) is 50.8 Å². The minimum atomic E-state index is 0.700. The van der Waals surface area contributed by atoms with Crippen LogP contribution in [0.5, 0.6) is 0 Å². The van der Waals surface area contributed by atoms with Crippen LogP contribution in [0.15, 0.2) is 16.6 Å². The monoisotopic (exact) mass is 352 g/mol. The molecule has 1 fully saturated rings. The lowest BCUT2D eigenvalue weighted by molar-refractivity contribution is 0.273. The van der Waals surface area contributed by atoms with Crippen LogP contribution in [0.4, 0.5) is 5.13 Å². The van der Waals surface area contributed by atoms with Crippen LogP contribution in [0.25, 0.3) is 0 Å². The zero-order chi connectivity index (χ0) is 17.2. The van der Waals surface area contributed by atoms with Crippen molar-refractivity contribution in [2.75, 3.05) is 57.3 Å². The standard InChI is InChI=1S/C17H32N6S/c1-3-8-21(9-4-2)10-5-6-19-16(18)22-11-13-23(14-12-22)17-20-7-15-24-17/h7,15H,3-6,8-14H2,1-2H3,(H2,18,19). The Balaban J connectivity index is 1.68. The van der Waals surface area contributed by atoms with Gasteiger partial charge in [-0.05, 0) is 38.9 Å². The third kappa shape index (κ3) is 5.94. The van der Waals surface area contributed by atoms with Crippen LogP contribution >= 0.6 is 11.3 Å². The van der Waals surface area contributed by atoms with Gasteiger partial charge in [-0.15, -0.1) is 11.3 Å². The predicted molar refractivity (Wildman–Crippen MR) is 104 cm³/mol. The zero-order valence-electron chi connectivity index (χ0n) is 15.2. The summed E-state index contributed by atoms with van der Waals surface area (Å²) in [5.41, 5.74) is 6.18. The molecule has 136 valence electrons. The molecule has 1 aromatic heterocycles. The Labute approximate surface area is 150 Å². The lowest BCUT2D eigenvalue weighted by Crippen LogP contribution is -2.51. The Bertz CT molecular complexity index is 461. The molecule has 0 saturated carbocycles. The molecule has 0 spiro atoms. The van der Waals surface area contributed by atoms with Gasteiger partial charge in [0.2, 0.25) is 0 Å². The minimum absolute atomic E-state index is 0.700. The van der Waals surface area contributed by atoms with Gasteiger partial charge in [-0.3, -0.25) is 4.99 Å². The number of aromatic nitrogens is 1. The molecule has 7 heteroatoms. The number of hydrogen-bond acceptors (Lipinski definition) is 5. The van der Waals surface area contributed by atoms with E-state index in [1.807, 2.05) is 11.6 Å². The topological polar surface area (TPSA) is 61.0 Å². The van der Waals surface area contributed by atoms with Crippen molar-refractivity contribution in [3.05, 3.63) is 11.6 Å². The molecule has 24 heavy (non-hydrogen) atoms. The van der Waals surface area contributed by atoms with E-state index >= 15 is 0 Å². The van der Waals surface area contributed by atoms with Gasteiger partial charge in [0.1, 0.15) is 0 Å². The van der Waals surface area contributed by atoms with E-state index in [9.17, 15) is 0 Å². The van der Waals surface area contributed by atoms with Gasteiger partial charge >= 0.3 is 0 Å². The molecule has 2 rings (SSSR count). The molecule has 6 nitrogen and oxygen atoms in total. The van der Waals surface area contributed by atoms with Gasteiger partial charge in [0.25, 0.3) is 0 Å². The van der Waals surface area contributed by atoms with Crippen LogP contribution in [0.2, 0.25) is 0 Å². The Kier molecular flexibility index (Phi) is 8.32. The van der Waals surface area contributed by atoms with Crippen molar-refractivity contribution in [1.82, 2.24) is 14.8 Å². The first-order valence-electron chi connectivity index (χ1n) is 9.16. The van der Waals surface area contributed by atoms with Crippen molar-refractivity contribution < 1.29 is 0 Å². The van der Waals surface area contributed by atoms with E-state index in [-0.39, 0.29) is 0 Å². The highest BCUT2D eigenvalue weighted by Crippen LogP contribution is 2.18. The number of rotatable bonds is 9. The first-order valence-corrected chi connectivity index (χ1v) is 10.0. The van der Waals surface area contributed by atoms with Crippen molar-refractivity contribution in [3.63, 3.8) is 0 Å². The van der Waals surface area contributed by atoms with Crippen LogP contribution in [0, 0.1) is 0 Å². The fourth-order valence-corrected chi connectivity index (χ4v) is 3.75. The highest BCUT2D eigenvalue weighted by atomic mass is 32.1. The van der Waals surface area contributed by atoms with Gasteiger partial charge in [-0.1, -0.05) is 13.8 Å². The van der Waals surface area contributed by atoms with E-state index < -0.39 is 0 Å². The summed E-state index contributed by atoms with van der Waals surface area (Å²) >= 11 is 1.70. The molecule has 0 aromatic carbocycles. The lowest BCUT2D eigenvalue weighted by atomic mass is 10.3. The van der Waals surface area contributed by atoms with Gasteiger partial charge in [-0.2, -0.15) is 0 Å². The second-order valence-electron chi connectivity index (χ2n) is 6.22. The Morgan fingerprint density at radius 1 is 1.21 bits per heavy atom. The van der Waals surface area contributed by atoms with Crippen molar-refractivity contribution in [2.45, 2.75) is 33.1 Å². The number of anilines is 1. The summed E-state index contributed by atoms with van der Waals surface area (Å²) in [6.07, 6.45) is 5.38. The maximum Gasteiger partial charge on any atom is 0.191 e. The van der Waals surface area contributed by atoms with E-state index in [2.05, 4.69) is 38.5 Å². The molecule has 1 saturated heterocycles. The van der Waals surface area contributed by atoms with E-state index in [0.29, 0.717) is 5.96 Å². The van der Waals surface area contributed by atoms with Crippen LogP contribution in [0.3, 0.4) is 0 Å². The molecule has 2 N–H and O–H groups in total. The number of thiazole rings is 1. The molecule has 0 aliphatic carbocycles. The van der Waals surface area contributed by atoms with Crippen molar-refractivity contribution in [1.29, 1.82) is 0 Å². The predicted octanol–water partition coefficient (Wildman–Crippen LogP) is 2.09. The van der Waals surface area contributed by atoms with E-state index in [1.54, 1.807) is 11.3 Å². The number of guanidine groups is 1. The molecule has 1 aromatic rings. The Morgan fingerprint density at radius 2 is 1.92 bits per heavy atom. The number of piperazine rings is 1. The maximum atomic E-state index is 6.18. The van der Waals surface area contributed by atoms with Gasteiger partial charge < -0.3 is 20.4 Å². The summed E-state index contributed by atoms with van der Waals surface area (Å²) in [5, 5.41) is 3.13. The van der Waals surface area contributed by atoms with E-state index in [4.69, 9.17) is 5.73 Å². The number of nitrogens with two attached hydrogens (primary N) is 1. The largest absolute Gasteiger partial charge is 0.370 e. The molecular weight excluding hydrogens is 320 g/mol. The molecule has 0 radical (unpaired) electrons. The Hall–Kier alpha value is -1.34. The van der Waals surface area contributed by atoms with Crippen molar-refractivity contribution >= 4 is 22.4 Å². The number of aliphatic imine (C=N–C) groups is 1. The van der Waals surface area contributed by atoms with Crippen molar-refractivity contribution in [2.24, 2.45) is 10.7 Å². The summed E-state index contributed by atoms with van der Waals surface area (Å²) in [6.45, 7) is 12.6. The molecule has 0 atom stereocenters. The van der Waals surface area contributed by atoms with Crippen LogP contribution in [-0.4, -0.2) is 73.1 Å². The molecule has 0 unspecified atom stereocenters. The van der Waals surface area contributed by atoms with Gasteiger partial charge in [0.15, 0.2) is 11.1 Å². The molecule has 0 bridgehead atoms. The summed E-state index contributed by atoms with van der Waals surface area (Å²) in [4.78, 5) is 16.0. The number of hydrogen-bond donors (Lipinski definition) is 1. The fourth-order valence-electron chi connectivity index (χ4n) is 3.05. The third-order valence-corrected chi connectivity index (χ3v) is 5.11. The quantitative estimate of drug-likeness (QED) is 0.419. The first-order chi connectivity index (χ1) is 11.7. The fraction of sp³-hybridized carbons (Fsp3) is 0.765. The molecule has 1 aliphatic rings. The van der Waals surface area contributed by atoms with Crippen molar-refractivity contribution in [3.8, 4) is 0 Å². The average molecular weight is 353 g/mol. The highest BCUT2D eigenvalue weighted by Gasteiger charge is 2.19. The normalized spacial score (nSPS) is 16.2. The minimum Gasteiger partial charge on any atom is -0.370 e. The summed E-state index contributed by atoms with van der Waals surface area (Å²) in [6, 6.07) is 0. The van der Waals surface area contributed by atoms with E-state index in [1.165, 1.54) is 25.9 Å². The maximum absolute atomic E-state index is 6.18. The van der Waals surface area contributed by atoms with Crippen LogP contribution in [0.1, 0.15) is 33.1 Å². The second kappa shape index (κ2) is 10.5.